The van der Waals surface area contributed by atoms with E-state index in [0.29, 0.717) is 30.4 Å². The average molecular weight is 263 g/mol. The molecule has 0 spiro atoms. The number of hydrogen-bond donors (Lipinski definition) is 1. The molecule has 2 rings (SSSR count). The minimum Gasteiger partial charge on any atom is -0.478 e. The van der Waals surface area contributed by atoms with Crippen molar-refractivity contribution in [2.45, 2.75) is 53.0 Å². The second-order valence-corrected chi connectivity index (χ2v) is 5.62. The Hall–Kier alpha value is -1.32. The molecule has 19 heavy (non-hydrogen) atoms. The van der Waals surface area contributed by atoms with E-state index in [1.807, 2.05) is 19.9 Å². The van der Waals surface area contributed by atoms with Gasteiger partial charge in [-0.25, -0.2) is 4.98 Å². The maximum atomic E-state index is 5.47. The van der Waals surface area contributed by atoms with E-state index in [9.17, 15) is 0 Å². The van der Waals surface area contributed by atoms with Crippen LogP contribution in [0.25, 0.3) is 0 Å². The van der Waals surface area contributed by atoms with Crippen LogP contribution in [-0.2, 0) is 0 Å². The fraction of sp³-hybridized carbons (Fsp3) is 0.733. The molecule has 0 amide bonds. The van der Waals surface area contributed by atoms with Gasteiger partial charge in [0.2, 0.25) is 11.8 Å². The minimum absolute atomic E-state index is 0.472. The summed E-state index contributed by atoms with van der Waals surface area (Å²) in [6, 6.07) is 2.35. The van der Waals surface area contributed by atoms with Gasteiger partial charge in [-0.1, -0.05) is 26.7 Å². The van der Waals surface area contributed by atoms with Crippen LogP contribution in [0, 0.1) is 18.8 Å². The summed E-state index contributed by atoms with van der Waals surface area (Å²) in [4.78, 5) is 8.90. The zero-order valence-corrected chi connectivity index (χ0v) is 12.4. The highest BCUT2D eigenvalue weighted by Crippen LogP contribution is 2.31. The first-order chi connectivity index (χ1) is 9.10. The van der Waals surface area contributed by atoms with Crippen LogP contribution in [0.1, 0.15) is 45.7 Å². The number of ether oxygens (including phenoxy) is 1. The van der Waals surface area contributed by atoms with Crippen molar-refractivity contribution >= 4 is 5.95 Å². The number of rotatable bonds is 4. The number of nitrogens with one attached hydrogen (secondary N) is 1. The summed E-state index contributed by atoms with van der Waals surface area (Å²) in [5.74, 6) is 2.79. The van der Waals surface area contributed by atoms with Crippen molar-refractivity contribution < 1.29 is 4.74 Å². The van der Waals surface area contributed by atoms with Gasteiger partial charge in [-0.3, -0.25) is 0 Å². The monoisotopic (exact) mass is 263 g/mol. The van der Waals surface area contributed by atoms with Crippen LogP contribution in [0.15, 0.2) is 6.07 Å². The molecule has 1 aliphatic rings. The van der Waals surface area contributed by atoms with Gasteiger partial charge in [0.1, 0.15) is 0 Å². The van der Waals surface area contributed by atoms with Gasteiger partial charge in [-0.05, 0) is 32.1 Å². The topological polar surface area (TPSA) is 47.0 Å². The molecule has 0 saturated heterocycles. The van der Waals surface area contributed by atoms with E-state index in [0.717, 1.165) is 11.6 Å². The summed E-state index contributed by atoms with van der Waals surface area (Å²) in [7, 11) is 0. The largest absolute Gasteiger partial charge is 0.478 e. The lowest BCUT2D eigenvalue weighted by atomic mass is 9.78. The standard InChI is InChI=1S/C15H25N3O/c1-5-19-14-9-11(3)16-15(18-14)17-13-8-6-7-10(2)12(13)4/h9-10,12-13H,5-8H2,1-4H3,(H,16,17,18). The van der Waals surface area contributed by atoms with Crippen LogP contribution in [0.4, 0.5) is 5.95 Å². The third-order valence-corrected chi connectivity index (χ3v) is 4.14. The van der Waals surface area contributed by atoms with Crippen LogP contribution in [0.2, 0.25) is 0 Å². The Morgan fingerprint density at radius 2 is 2.11 bits per heavy atom. The second-order valence-electron chi connectivity index (χ2n) is 5.62. The van der Waals surface area contributed by atoms with Gasteiger partial charge in [-0.15, -0.1) is 0 Å². The van der Waals surface area contributed by atoms with Crippen LogP contribution in [0.5, 0.6) is 5.88 Å². The molecule has 1 aliphatic carbocycles. The van der Waals surface area contributed by atoms with Gasteiger partial charge >= 0.3 is 0 Å². The van der Waals surface area contributed by atoms with Crippen LogP contribution >= 0.6 is 0 Å². The van der Waals surface area contributed by atoms with Gasteiger partial charge < -0.3 is 10.1 Å². The average Bonchev–Trinajstić information content (AvgIpc) is 2.35. The molecule has 0 bridgehead atoms. The van der Waals surface area contributed by atoms with E-state index in [2.05, 4.69) is 29.1 Å². The Morgan fingerprint density at radius 3 is 2.84 bits per heavy atom. The first kappa shape index (κ1) is 14.1. The SMILES string of the molecule is CCOc1cc(C)nc(NC2CCCC(C)C2C)n1. The van der Waals surface area contributed by atoms with Crippen molar-refractivity contribution in [3.63, 3.8) is 0 Å². The summed E-state index contributed by atoms with van der Waals surface area (Å²) in [5, 5.41) is 3.50. The second kappa shape index (κ2) is 6.22. The predicted molar refractivity (Wildman–Crippen MR) is 77.5 cm³/mol. The van der Waals surface area contributed by atoms with Gasteiger partial charge in [0.15, 0.2) is 0 Å². The van der Waals surface area contributed by atoms with Crippen molar-refractivity contribution in [2.75, 3.05) is 11.9 Å². The van der Waals surface area contributed by atoms with Gasteiger partial charge in [0, 0.05) is 17.8 Å². The van der Waals surface area contributed by atoms with Crippen molar-refractivity contribution in [1.82, 2.24) is 9.97 Å². The molecule has 106 valence electrons. The van der Waals surface area contributed by atoms with E-state index >= 15 is 0 Å². The fourth-order valence-corrected chi connectivity index (χ4v) is 2.78. The summed E-state index contributed by atoms with van der Waals surface area (Å²) < 4.78 is 5.47. The first-order valence-electron chi connectivity index (χ1n) is 7.35. The molecule has 0 radical (unpaired) electrons. The molecule has 0 aromatic carbocycles. The summed E-state index contributed by atoms with van der Waals surface area (Å²) in [5.41, 5.74) is 0.942. The Bertz CT molecular complexity index is 422. The van der Waals surface area contributed by atoms with E-state index in [1.165, 1.54) is 19.3 Å². The van der Waals surface area contributed by atoms with Crippen LogP contribution in [-0.4, -0.2) is 22.6 Å². The molecule has 3 unspecified atom stereocenters. The molecule has 1 heterocycles. The van der Waals surface area contributed by atoms with Crippen molar-refractivity contribution in [3.8, 4) is 5.88 Å². The quantitative estimate of drug-likeness (QED) is 0.904. The van der Waals surface area contributed by atoms with E-state index < -0.39 is 0 Å². The molecule has 1 fully saturated rings. The summed E-state index contributed by atoms with van der Waals surface area (Å²) >= 11 is 0. The fourth-order valence-electron chi connectivity index (χ4n) is 2.78. The van der Waals surface area contributed by atoms with Crippen LogP contribution in [0.3, 0.4) is 0 Å². The molecule has 1 N–H and O–H groups in total. The molecule has 1 aromatic rings. The normalized spacial score (nSPS) is 27.1. The first-order valence-corrected chi connectivity index (χ1v) is 7.35. The van der Waals surface area contributed by atoms with E-state index in [-0.39, 0.29) is 0 Å². The van der Waals surface area contributed by atoms with Gasteiger partial charge in [-0.2, -0.15) is 4.98 Å². The van der Waals surface area contributed by atoms with Crippen LogP contribution < -0.4 is 10.1 Å². The molecule has 0 aliphatic heterocycles. The highest BCUT2D eigenvalue weighted by atomic mass is 16.5. The zero-order chi connectivity index (χ0) is 13.8. The van der Waals surface area contributed by atoms with Crippen molar-refractivity contribution in [2.24, 2.45) is 11.8 Å². The van der Waals surface area contributed by atoms with E-state index in [4.69, 9.17) is 4.74 Å². The molecular formula is C15H25N3O. The lowest BCUT2D eigenvalue weighted by Gasteiger charge is -2.34. The molecule has 4 heteroatoms. The number of hydrogen-bond acceptors (Lipinski definition) is 4. The Morgan fingerprint density at radius 1 is 1.32 bits per heavy atom. The highest BCUT2D eigenvalue weighted by Gasteiger charge is 2.27. The van der Waals surface area contributed by atoms with Crippen molar-refractivity contribution in [1.29, 1.82) is 0 Å². The zero-order valence-electron chi connectivity index (χ0n) is 12.4. The summed E-state index contributed by atoms with van der Waals surface area (Å²) in [6.07, 6.45) is 3.82. The summed E-state index contributed by atoms with van der Waals surface area (Å²) in [6.45, 7) is 9.23. The maximum absolute atomic E-state index is 5.47. The lowest BCUT2D eigenvalue weighted by molar-refractivity contribution is 0.252. The number of aryl methyl sites for hydroxylation is 1. The Balaban J connectivity index is 2.09. The molecule has 4 nitrogen and oxygen atoms in total. The van der Waals surface area contributed by atoms with Gasteiger partial charge in [0.05, 0.1) is 6.61 Å². The predicted octanol–water partition coefficient (Wildman–Crippen LogP) is 3.42. The number of anilines is 1. The highest BCUT2D eigenvalue weighted by molar-refractivity contribution is 5.32. The maximum Gasteiger partial charge on any atom is 0.226 e. The number of aromatic nitrogens is 2. The lowest BCUT2D eigenvalue weighted by Crippen LogP contribution is -2.35. The Kier molecular flexibility index (Phi) is 4.61. The van der Waals surface area contributed by atoms with E-state index in [1.54, 1.807) is 0 Å². The third-order valence-electron chi connectivity index (χ3n) is 4.14. The molecular weight excluding hydrogens is 238 g/mol. The molecule has 1 aromatic heterocycles. The smallest absolute Gasteiger partial charge is 0.226 e. The Labute approximate surface area is 116 Å². The van der Waals surface area contributed by atoms with Gasteiger partial charge in [0.25, 0.3) is 0 Å². The molecule has 1 saturated carbocycles. The minimum atomic E-state index is 0.472. The van der Waals surface area contributed by atoms with Crippen molar-refractivity contribution in [3.05, 3.63) is 11.8 Å². The third kappa shape index (κ3) is 3.58. The molecule has 3 atom stereocenters. The number of nitrogens with zero attached hydrogens (tertiary/aromatic N) is 2.